The van der Waals surface area contributed by atoms with Crippen molar-refractivity contribution in [2.75, 3.05) is 14.2 Å². The van der Waals surface area contributed by atoms with Crippen LogP contribution in [0.3, 0.4) is 0 Å². The van der Waals surface area contributed by atoms with Gasteiger partial charge in [-0.05, 0) is 112 Å². The van der Waals surface area contributed by atoms with Crippen LogP contribution in [0.4, 0.5) is 0 Å². The van der Waals surface area contributed by atoms with Gasteiger partial charge in [0.2, 0.25) is 0 Å². The molecular formula is C22H36O2Si. The maximum Gasteiger partial charge on any atom is 0.345 e. The van der Waals surface area contributed by atoms with E-state index in [0.29, 0.717) is 0 Å². The summed E-state index contributed by atoms with van der Waals surface area (Å²) in [5.41, 5.74) is 1.63. The van der Waals surface area contributed by atoms with E-state index in [9.17, 15) is 0 Å². The van der Waals surface area contributed by atoms with Crippen molar-refractivity contribution in [1.29, 1.82) is 0 Å². The normalized spacial score (nSPS) is 55.9. The lowest BCUT2D eigenvalue weighted by Gasteiger charge is -2.63. The fourth-order valence-electron chi connectivity index (χ4n) is 10.0. The van der Waals surface area contributed by atoms with Gasteiger partial charge in [-0.25, -0.2) is 0 Å². The molecule has 8 aliphatic rings. The van der Waals surface area contributed by atoms with Crippen LogP contribution in [0.2, 0.25) is 11.1 Å². The molecule has 8 rings (SSSR count). The molecule has 8 fully saturated rings. The van der Waals surface area contributed by atoms with Crippen molar-refractivity contribution in [3.63, 3.8) is 0 Å². The van der Waals surface area contributed by atoms with E-state index in [1.807, 2.05) is 14.2 Å². The molecule has 0 aliphatic heterocycles. The number of hydrogen-bond donors (Lipinski definition) is 0. The van der Waals surface area contributed by atoms with E-state index in [1.165, 1.54) is 51.4 Å². The minimum atomic E-state index is -2.15. The first kappa shape index (κ1) is 16.1. The number of hydrogen-bond acceptors (Lipinski definition) is 2. The maximum atomic E-state index is 6.66. The van der Waals surface area contributed by atoms with E-state index >= 15 is 0 Å². The molecule has 0 heterocycles. The first-order valence-corrected chi connectivity index (χ1v) is 13.3. The summed E-state index contributed by atoms with van der Waals surface area (Å²) in [6.07, 6.45) is 15.1. The Balaban J connectivity index is 1.38. The van der Waals surface area contributed by atoms with Crippen molar-refractivity contribution < 1.29 is 8.85 Å². The fraction of sp³-hybridized carbons (Fsp3) is 1.00. The van der Waals surface area contributed by atoms with Crippen molar-refractivity contribution in [1.82, 2.24) is 0 Å². The second kappa shape index (κ2) is 5.58. The predicted octanol–water partition coefficient (Wildman–Crippen LogP) is 5.37. The van der Waals surface area contributed by atoms with E-state index in [4.69, 9.17) is 8.85 Å². The Morgan fingerprint density at radius 1 is 0.480 bits per heavy atom. The lowest BCUT2D eigenvalue weighted by molar-refractivity contribution is -0.0260. The topological polar surface area (TPSA) is 18.5 Å². The molecule has 0 aromatic rings. The molecule has 0 amide bonds. The fourth-order valence-corrected chi connectivity index (χ4v) is 15.4. The van der Waals surface area contributed by atoms with E-state index in [0.717, 1.165) is 58.4 Å². The largest absolute Gasteiger partial charge is 0.397 e. The summed E-state index contributed by atoms with van der Waals surface area (Å²) in [5.74, 6) is 7.99. The third-order valence-corrected chi connectivity index (χ3v) is 15.0. The second-order valence-electron chi connectivity index (χ2n) is 11.0. The first-order valence-electron chi connectivity index (χ1n) is 11.3. The van der Waals surface area contributed by atoms with Gasteiger partial charge in [0.25, 0.3) is 0 Å². The van der Waals surface area contributed by atoms with Crippen LogP contribution in [0.5, 0.6) is 0 Å². The van der Waals surface area contributed by atoms with Crippen LogP contribution in [0.1, 0.15) is 64.2 Å². The highest BCUT2D eigenvalue weighted by Gasteiger charge is 2.66. The Morgan fingerprint density at radius 2 is 0.760 bits per heavy atom. The molecule has 3 heteroatoms. The Hall–Kier alpha value is 0.137. The predicted molar refractivity (Wildman–Crippen MR) is 101 cm³/mol. The highest BCUT2D eigenvalue weighted by atomic mass is 28.4. The van der Waals surface area contributed by atoms with Gasteiger partial charge < -0.3 is 8.85 Å². The smallest absolute Gasteiger partial charge is 0.345 e. The first-order chi connectivity index (χ1) is 12.2. The minimum absolute atomic E-state index is 0.817. The zero-order valence-corrected chi connectivity index (χ0v) is 17.2. The van der Waals surface area contributed by atoms with Gasteiger partial charge in [-0.3, -0.25) is 0 Å². The van der Waals surface area contributed by atoms with Crippen molar-refractivity contribution in [2.45, 2.75) is 75.3 Å². The summed E-state index contributed by atoms with van der Waals surface area (Å²) in [5, 5.41) is 0. The van der Waals surface area contributed by atoms with E-state index in [-0.39, 0.29) is 0 Å². The Kier molecular flexibility index (Phi) is 3.60. The number of rotatable bonds is 4. The van der Waals surface area contributed by atoms with E-state index in [2.05, 4.69) is 0 Å². The average Bonchev–Trinajstić information content (AvgIpc) is 2.58. The van der Waals surface area contributed by atoms with Crippen molar-refractivity contribution in [3.05, 3.63) is 0 Å². The summed E-state index contributed by atoms with van der Waals surface area (Å²) >= 11 is 0. The van der Waals surface area contributed by atoms with E-state index in [1.54, 1.807) is 12.8 Å². The SMILES string of the molecule is CO[Si](OC)(C1C2CC3CC(C2)CC1C3)C1C2CC3CC(C2)CC1C3. The zero-order chi connectivity index (χ0) is 16.8. The molecule has 0 atom stereocenters. The minimum Gasteiger partial charge on any atom is -0.397 e. The molecule has 2 nitrogen and oxygen atoms in total. The molecule has 0 aromatic heterocycles. The maximum absolute atomic E-state index is 6.66. The standard InChI is InChI=1S/C22H36O2Si/c1-23-25(24-2,21-17-5-13-3-14(7-17)8-18(21)6-13)22-19-9-15-4-16(11-19)12-20(22)10-15/h13-22H,3-12H2,1-2H3. The lowest BCUT2D eigenvalue weighted by atomic mass is 9.55. The molecule has 0 radical (unpaired) electrons. The average molecular weight is 361 g/mol. The highest BCUT2D eigenvalue weighted by molar-refractivity contribution is 6.71. The summed E-state index contributed by atoms with van der Waals surface area (Å²) in [7, 11) is 1.94. The molecule has 140 valence electrons. The van der Waals surface area contributed by atoms with Gasteiger partial charge in [0.1, 0.15) is 0 Å². The molecule has 8 saturated carbocycles. The third-order valence-electron chi connectivity index (χ3n) is 10.0. The monoisotopic (exact) mass is 360 g/mol. The van der Waals surface area contributed by atoms with Crippen LogP contribution >= 0.6 is 0 Å². The molecule has 0 N–H and O–H groups in total. The van der Waals surface area contributed by atoms with Crippen LogP contribution < -0.4 is 0 Å². The van der Waals surface area contributed by atoms with Crippen LogP contribution in [-0.4, -0.2) is 22.8 Å². The highest BCUT2D eigenvalue weighted by Crippen LogP contribution is 2.69. The van der Waals surface area contributed by atoms with Crippen LogP contribution in [0, 0.1) is 47.3 Å². The molecular weight excluding hydrogens is 324 g/mol. The quantitative estimate of drug-likeness (QED) is 0.627. The summed E-state index contributed by atoms with van der Waals surface area (Å²) in [4.78, 5) is 0. The molecule has 25 heavy (non-hydrogen) atoms. The van der Waals surface area contributed by atoms with Crippen molar-refractivity contribution in [2.24, 2.45) is 47.3 Å². The summed E-state index contributed by atoms with van der Waals surface area (Å²) < 4.78 is 13.3. The van der Waals surface area contributed by atoms with Gasteiger partial charge in [0.05, 0.1) is 0 Å². The molecule has 0 saturated heterocycles. The van der Waals surface area contributed by atoms with Gasteiger partial charge in [0, 0.05) is 25.3 Å². The van der Waals surface area contributed by atoms with Gasteiger partial charge in [0.15, 0.2) is 0 Å². The van der Waals surface area contributed by atoms with Crippen LogP contribution in [0.25, 0.3) is 0 Å². The zero-order valence-electron chi connectivity index (χ0n) is 16.2. The molecule has 0 aromatic carbocycles. The Morgan fingerprint density at radius 3 is 1.00 bits per heavy atom. The molecule has 8 aliphatic carbocycles. The molecule has 0 spiro atoms. The summed E-state index contributed by atoms with van der Waals surface area (Å²) in [6, 6.07) is 0. The van der Waals surface area contributed by atoms with Crippen molar-refractivity contribution >= 4 is 8.56 Å². The lowest BCUT2D eigenvalue weighted by Crippen LogP contribution is -2.63. The van der Waals surface area contributed by atoms with Crippen molar-refractivity contribution in [3.8, 4) is 0 Å². The van der Waals surface area contributed by atoms with Crippen LogP contribution in [-0.2, 0) is 8.85 Å². The Bertz CT molecular complexity index is 442. The van der Waals surface area contributed by atoms with Gasteiger partial charge >= 0.3 is 8.56 Å². The molecule has 8 bridgehead atoms. The van der Waals surface area contributed by atoms with Gasteiger partial charge in [-0.2, -0.15) is 0 Å². The van der Waals surface area contributed by atoms with Crippen LogP contribution in [0.15, 0.2) is 0 Å². The van der Waals surface area contributed by atoms with Gasteiger partial charge in [-0.1, -0.05) is 0 Å². The van der Waals surface area contributed by atoms with E-state index < -0.39 is 8.56 Å². The summed E-state index contributed by atoms with van der Waals surface area (Å²) in [6.45, 7) is 0. The third kappa shape index (κ3) is 2.15. The van der Waals surface area contributed by atoms with Gasteiger partial charge in [-0.15, -0.1) is 0 Å². The second-order valence-corrected chi connectivity index (χ2v) is 14.6. The molecule has 0 unspecified atom stereocenters. The Labute approximate surface area is 154 Å².